The van der Waals surface area contributed by atoms with Crippen molar-refractivity contribution in [2.75, 3.05) is 30.0 Å². The zero-order chi connectivity index (χ0) is 13.0. The molecule has 0 spiro atoms. The van der Waals surface area contributed by atoms with Crippen molar-refractivity contribution in [3.05, 3.63) is 30.3 Å². The van der Waals surface area contributed by atoms with Gasteiger partial charge in [0.1, 0.15) is 6.54 Å². The minimum absolute atomic E-state index is 0.107. The third-order valence-electron chi connectivity index (χ3n) is 2.85. The van der Waals surface area contributed by atoms with Crippen LogP contribution in [0.4, 0.5) is 10.5 Å². The summed E-state index contributed by atoms with van der Waals surface area (Å²) < 4.78 is 0. The van der Waals surface area contributed by atoms with E-state index in [9.17, 15) is 9.59 Å². The van der Waals surface area contributed by atoms with Crippen LogP contribution in [-0.4, -0.2) is 41.9 Å². The maximum atomic E-state index is 12.1. The van der Waals surface area contributed by atoms with Crippen LogP contribution in [0, 0.1) is 0 Å². The number of rotatable bonds is 5. The molecule has 96 valence electrons. The summed E-state index contributed by atoms with van der Waals surface area (Å²) in [6.45, 7) is 0.671. The zero-order valence-corrected chi connectivity index (χ0v) is 11.2. The average molecular weight is 264 g/mol. The van der Waals surface area contributed by atoms with Crippen molar-refractivity contribution in [2.24, 2.45) is 0 Å². The number of benzene rings is 1. The lowest BCUT2D eigenvalue weighted by atomic mass is 10.3. The van der Waals surface area contributed by atoms with Crippen LogP contribution >= 0.6 is 11.8 Å². The second-order valence-electron chi connectivity index (χ2n) is 4.10. The van der Waals surface area contributed by atoms with Crippen LogP contribution < -0.4 is 4.90 Å². The van der Waals surface area contributed by atoms with E-state index < -0.39 is 0 Å². The summed E-state index contributed by atoms with van der Waals surface area (Å²) in [6.07, 6.45) is 2.87. The number of carbonyl (C=O) groups is 2. The molecule has 1 aliphatic rings. The highest BCUT2D eigenvalue weighted by molar-refractivity contribution is 7.98. The van der Waals surface area contributed by atoms with Gasteiger partial charge in [-0.15, -0.1) is 0 Å². The second-order valence-corrected chi connectivity index (χ2v) is 5.08. The normalized spacial score (nSPS) is 15.6. The topological polar surface area (TPSA) is 40.6 Å². The number of anilines is 1. The van der Waals surface area contributed by atoms with Gasteiger partial charge in [-0.1, -0.05) is 18.2 Å². The standard InChI is InChI=1S/C13H16N2O2S/c1-18-9-5-8-14-12(16)10-15(13(14)17)11-6-3-2-4-7-11/h2-4,6-7H,5,8-10H2,1H3. The summed E-state index contributed by atoms with van der Waals surface area (Å²) in [7, 11) is 0. The van der Waals surface area contributed by atoms with Gasteiger partial charge in [-0.25, -0.2) is 4.79 Å². The monoisotopic (exact) mass is 264 g/mol. The fraction of sp³-hybridized carbons (Fsp3) is 0.385. The van der Waals surface area contributed by atoms with Crippen molar-refractivity contribution in [1.29, 1.82) is 0 Å². The number of urea groups is 1. The Bertz CT molecular complexity index is 436. The maximum absolute atomic E-state index is 12.1. The molecule has 1 aliphatic heterocycles. The molecule has 0 aromatic heterocycles. The van der Waals surface area contributed by atoms with E-state index in [-0.39, 0.29) is 18.5 Å². The van der Waals surface area contributed by atoms with Gasteiger partial charge in [0, 0.05) is 12.2 Å². The van der Waals surface area contributed by atoms with Crippen LogP contribution in [0.5, 0.6) is 0 Å². The van der Waals surface area contributed by atoms with Crippen LogP contribution in [0.1, 0.15) is 6.42 Å². The van der Waals surface area contributed by atoms with Gasteiger partial charge in [0.25, 0.3) is 5.91 Å². The molecule has 2 rings (SSSR count). The van der Waals surface area contributed by atoms with Gasteiger partial charge < -0.3 is 0 Å². The molecular formula is C13H16N2O2S. The first-order valence-electron chi connectivity index (χ1n) is 5.90. The summed E-state index contributed by atoms with van der Waals surface area (Å²) in [5, 5.41) is 0. The van der Waals surface area contributed by atoms with Crippen LogP contribution in [-0.2, 0) is 4.79 Å². The highest BCUT2D eigenvalue weighted by Gasteiger charge is 2.36. The van der Waals surface area contributed by atoms with E-state index in [2.05, 4.69) is 0 Å². The molecule has 3 amide bonds. The third kappa shape index (κ3) is 2.67. The molecule has 0 atom stereocenters. The molecule has 1 heterocycles. The molecule has 1 aromatic carbocycles. The Balaban J connectivity index is 2.05. The largest absolute Gasteiger partial charge is 0.331 e. The molecule has 0 radical (unpaired) electrons. The number of amides is 3. The molecule has 1 aromatic rings. The Morgan fingerprint density at radius 1 is 1.22 bits per heavy atom. The fourth-order valence-electron chi connectivity index (χ4n) is 1.94. The fourth-order valence-corrected chi connectivity index (χ4v) is 2.36. The van der Waals surface area contributed by atoms with Gasteiger partial charge in [0.2, 0.25) is 0 Å². The molecule has 0 saturated carbocycles. The molecule has 1 saturated heterocycles. The predicted octanol–water partition coefficient (Wildman–Crippen LogP) is 2.21. The molecule has 0 unspecified atom stereocenters. The molecule has 1 fully saturated rings. The minimum Gasteiger partial charge on any atom is -0.285 e. The Kier molecular flexibility index (Phi) is 4.25. The number of hydrogen-bond acceptors (Lipinski definition) is 3. The van der Waals surface area contributed by atoms with Gasteiger partial charge in [-0.05, 0) is 30.6 Å². The van der Waals surface area contributed by atoms with Crippen molar-refractivity contribution in [1.82, 2.24) is 4.90 Å². The van der Waals surface area contributed by atoms with E-state index >= 15 is 0 Å². The zero-order valence-electron chi connectivity index (χ0n) is 10.3. The molecule has 0 bridgehead atoms. The first-order valence-corrected chi connectivity index (χ1v) is 7.29. The predicted molar refractivity (Wildman–Crippen MR) is 73.9 cm³/mol. The van der Waals surface area contributed by atoms with Gasteiger partial charge >= 0.3 is 6.03 Å². The molecular weight excluding hydrogens is 248 g/mol. The maximum Gasteiger partial charge on any atom is 0.331 e. The number of para-hydroxylation sites is 1. The summed E-state index contributed by atoms with van der Waals surface area (Å²) >= 11 is 1.72. The van der Waals surface area contributed by atoms with Crippen molar-refractivity contribution in [2.45, 2.75) is 6.42 Å². The van der Waals surface area contributed by atoms with E-state index in [0.29, 0.717) is 6.54 Å². The van der Waals surface area contributed by atoms with Crippen LogP contribution in [0.2, 0.25) is 0 Å². The smallest absolute Gasteiger partial charge is 0.285 e. The molecule has 0 N–H and O–H groups in total. The van der Waals surface area contributed by atoms with Crippen LogP contribution in [0.3, 0.4) is 0 Å². The van der Waals surface area contributed by atoms with E-state index in [1.807, 2.05) is 36.6 Å². The van der Waals surface area contributed by atoms with E-state index in [4.69, 9.17) is 0 Å². The summed E-state index contributed by atoms with van der Waals surface area (Å²) in [6, 6.07) is 9.11. The lowest BCUT2D eigenvalue weighted by molar-refractivity contribution is -0.124. The average Bonchev–Trinajstić information content (AvgIpc) is 2.68. The Morgan fingerprint density at radius 2 is 1.94 bits per heavy atom. The van der Waals surface area contributed by atoms with Gasteiger partial charge in [0.15, 0.2) is 0 Å². The molecule has 18 heavy (non-hydrogen) atoms. The molecule has 5 heteroatoms. The number of thioether (sulfide) groups is 1. The van der Waals surface area contributed by atoms with Crippen LogP contribution in [0.25, 0.3) is 0 Å². The number of nitrogens with zero attached hydrogens (tertiary/aromatic N) is 2. The van der Waals surface area contributed by atoms with Crippen LogP contribution in [0.15, 0.2) is 30.3 Å². The highest BCUT2D eigenvalue weighted by atomic mass is 32.2. The number of imide groups is 1. The lowest BCUT2D eigenvalue weighted by Gasteiger charge is -2.16. The lowest BCUT2D eigenvalue weighted by Crippen LogP contribution is -2.34. The van der Waals surface area contributed by atoms with Crippen molar-refractivity contribution >= 4 is 29.4 Å². The quantitative estimate of drug-likeness (QED) is 0.605. The van der Waals surface area contributed by atoms with E-state index in [1.165, 1.54) is 9.80 Å². The van der Waals surface area contributed by atoms with Gasteiger partial charge in [0.05, 0.1) is 0 Å². The number of hydrogen-bond donors (Lipinski definition) is 0. The van der Waals surface area contributed by atoms with Crippen molar-refractivity contribution in [3.63, 3.8) is 0 Å². The van der Waals surface area contributed by atoms with Gasteiger partial charge in [-0.2, -0.15) is 11.8 Å². The summed E-state index contributed by atoms with van der Waals surface area (Å²) in [5.41, 5.74) is 0.781. The summed E-state index contributed by atoms with van der Waals surface area (Å²) in [4.78, 5) is 26.8. The Morgan fingerprint density at radius 3 is 2.61 bits per heavy atom. The SMILES string of the molecule is CSCCCN1C(=O)CN(c2ccccc2)C1=O. The highest BCUT2D eigenvalue weighted by Crippen LogP contribution is 2.20. The van der Waals surface area contributed by atoms with E-state index in [1.54, 1.807) is 11.8 Å². The van der Waals surface area contributed by atoms with E-state index in [0.717, 1.165) is 17.9 Å². The second kappa shape index (κ2) is 5.91. The number of carbonyl (C=O) groups excluding carboxylic acids is 2. The van der Waals surface area contributed by atoms with Crippen molar-refractivity contribution in [3.8, 4) is 0 Å². The van der Waals surface area contributed by atoms with Gasteiger partial charge in [-0.3, -0.25) is 14.6 Å². The molecule has 0 aliphatic carbocycles. The Labute approximate surface area is 111 Å². The van der Waals surface area contributed by atoms with Crippen molar-refractivity contribution < 1.29 is 9.59 Å². The summed E-state index contributed by atoms with van der Waals surface area (Å²) in [5.74, 6) is 0.854. The first-order chi connectivity index (χ1) is 8.74. The molecule has 4 nitrogen and oxygen atoms in total. The Hall–Kier alpha value is -1.49. The third-order valence-corrected chi connectivity index (χ3v) is 3.55. The first kappa shape index (κ1) is 13.0. The minimum atomic E-state index is -0.202.